The number of sulfonamides is 1. The maximum atomic E-state index is 13.3. The van der Waals surface area contributed by atoms with E-state index in [1.165, 1.54) is 10.7 Å². The Bertz CT molecular complexity index is 971. The van der Waals surface area contributed by atoms with E-state index in [-0.39, 0.29) is 23.4 Å². The monoisotopic (exact) mass is 414 g/mol. The fourth-order valence-corrected chi connectivity index (χ4v) is 5.65. The second-order valence-corrected chi connectivity index (χ2v) is 9.53. The number of likely N-dealkylation sites (N-methyl/N-ethyl adjacent to an activating group) is 1. The van der Waals surface area contributed by atoms with Crippen LogP contribution in [0.5, 0.6) is 5.75 Å². The molecule has 0 aromatic heterocycles. The number of hydrogen-bond donors (Lipinski definition) is 0. The summed E-state index contributed by atoms with van der Waals surface area (Å²) in [6, 6.07) is 15.5. The van der Waals surface area contributed by atoms with Crippen molar-refractivity contribution in [2.45, 2.75) is 49.1 Å². The summed E-state index contributed by atoms with van der Waals surface area (Å²) < 4.78 is 33.9. The highest BCUT2D eigenvalue weighted by Gasteiger charge is 2.39. The molecule has 0 spiro atoms. The zero-order valence-corrected chi connectivity index (χ0v) is 17.3. The lowest BCUT2D eigenvalue weighted by atomic mass is 9.94. The van der Waals surface area contributed by atoms with Gasteiger partial charge in [-0.1, -0.05) is 49.6 Å². The average Bonchev–Trinajstić information content (AvgIpc) is 2.78. The summed E-state index contributed by atoms with van der Waals surface area (Å²) >= 11 is 0. The highest BCUT2D eigenvalue weighted by atomic mass is 32.2. The Hall–Kier alpha value is -2.54. The van der Waals surface area contributed by atoms with E-state index in [2.05, 4.69) is 0 Å². The molecular weight excluding hydrogens is 388 g/mol. The molecule has 1 aliphatic heterocycles. The van der Waals surface area contributed by atoms with Crippen LogP contribution in [0.4, 0.5) is 5.69 Å². The van der Waals surface area contributed by atoms with E-state index in [9.17, 15) is 13.2 Å². The third-order valence-corrected chi connectivity index (χ3v) is 7.61. The molecule has 1 fully saturated rings. The molecule has 6 nitrogen and oxygen atoms in total. The lowest BCUT2D eigenvalue weighted by molar-refractivity contribution is -0.139. The van der Waals surface area contributed by atoms with Gasteiger partial charge < -0.3 is 9.64 Å². The normalized spacial score (nSPS) is 19.9. The van der Waals surface area contributed by atoms with E-state index in [1.54, 1.807) is 66.5 Å². The Labute approximate surface area is 172 Å². The van der Waals surface area contributed by atoms with Crippen LogP contribution in [-0.2, 0) is 14.8 Å². The smallest absolute Gasteiger partial charge is 0.265 e. The van der Waals surface area contributed by atoms with Gasteiger partial charge in [-0.15, -0.1) is 0 Å². The number of para-hydroxylation sites is 2. The molecule has 154 valence electrons. The molecule has 0 radical (unpaired) electrons. The van der Waals surface area contributed by atoms with Gasteiger partial charge in [-0.2, -0.15) is 0 Å². The first-order chi connectivity index (χ1) is 14.0. The fraction of sp³-hybridized carbons (Fsp3) is 0.409. The van der Waals surface area contributed by atoms with Crippen molar-refractivity contribution in [1.29, 1.82) is 0 Å². The zero-order chi connectivity index (χ0) is 20.4. The van der Waals surface area contributed by atoms with Gasteiger partial charge in [-0.3, -0.25) is 9.10 Å². The number of hydrogen-bond acceptors (Lipinski definition) is 4. The van der Waals surface area contributed by atoms with Crippen molar-refractivity contribution < 1.29 is 17.9 Å². The van der Waals surface area contributed by atoms with E-state index < -0.39 is 16.1 Å². The van der Waals surface area contributed by atoms with Gasteiger partial charge in [0.2, 0.25) is 0 Å². The Kier molecular flexibility index (Phi) is 5.50. The van der Waals surface area contributed by atoms with Crippen LogP contribution in [-0.4, -0.2) is 45.0 Å². The molecule has 1 unspecified atom stereocenters. The van der Waals surface area contributed by atoms with E-state index in [4.69, 9.17) is 4.74 Å². The van der Waals surface area contributed by atoms with Gasteiger partial charge in [0.05, 0.1) is 17.1 Å². The second kappa shape index (κ2) is 8.06. The Morgan fingerprint density at radius 2 is 1.66 bits per heavy atom. The summed E-state index contributed by atoms with van der Waals surface area (Å²) in [4.78, 5) is 15.1. The molecule has 0 N–H and O–H groups in total. The minimum absolute atomic E-state index is 0.0376. The van der Waals surface area contributed by atoms with E-state index in [0.717, 1.165) is 25.7 Å². The Morgan fingerprint density at radius 3 is 2.38 bits per heavy atom. The van der Waals surface area contributed by atoms with Gasteiger partial charge in [0.25, 0.3) is 15.9 Å². The molecule has 2 aromatic carbocycles. The van der Waals surface area contributed by atoms with Crippen LogP contribution in [0, 0.1) is 0 Å². The maximum Gasteiger partial charge on any atom is 0.265 e. The van der Waals surface area contributed by atoms with Crippen molar-refractivity contribution in [2.24, 2.45) is 0 Å². The van der Waals surface area contributed by atoms with Crippen molar-refractivity contribution in [3.63, 3.8) is 0 Å². The molecule has 0 bridgehead atoms. The van der Waals surface area contributed by atoms with Crippen LogP contribution >= 0.6 is 0 Å². The number of fused-ring (bicyclic) bond motifs is 1. The average molecular weight is 415 g/mol. The van der Waals surface area contributed by atoms with Crippen LogP contribution in [0.2, 0.25) is 0 Å². The van der Waals surface area contributed by atoms with Crippen LogP contribution in [0.3, 0.4) is 0 Å². The molecule has 2 aromatic rings. The van der Waals surface area contributed by atoms with Gasteiger partial charge in [-0.25, -0.2) is 8.42 Å². The lowest BCUT2D eigenvalue weighted by Gasteiger charge is -2.38. The number of rotatable bonds is 4. The van der Waals surface area contributed by atoms with Crippen LogP contribution in [0.25, 0.3) is 0 Å². The molecule has 2 aliphatic rings. The zero-order valence-electron chi connectivity index (χ0n) is 16.5. The largest absolute Gasteiger partial charge is 0.476 e. The molecule has 29 heavy (non-hydrogen) atoms. The molecule has 1 saturated carbocycles. The first-order valence-corrected chi connectivity index (χ1v) is 11.5. The van der Waals surface area contributed by atoms with Crippen LogP contribution in [0.15, 0.2) is 59.5 Å². The first kappa shape index (κ1) is 19.8. The predicted octanol–water partition coefficient (Wildman–Crippen LogP) is 3.43. The third-order valence-electron chi connectivity index (χ3n) is 5.81. The summed E-state index contributed by atoms with van der Waals surface area (Å²) in [7, 11) is -2.01. The summed E-state index contributed by atoms with van der Waals surface area (Å²) in [6.45, 7) is -0.0376. The molecule has 1 atom stereocenters. The number of carbonyl (C=O) groups excluding carboxylic acids is 1. The minimum Gasteiger partial charge on any atom is -0.476 e. The quantitative estimate of drug-likeness (QED) is 0.769. The van der Waals surface area contributed by atoms with Crippen molar-refractivity contribution >= 4 is 21.6 Å². The van der Waals surface area contributed by atoms with Crippen LogP contribution < -0.4 is 9.04 Å². The maximum absolute atomic E-state index is 13.3. The fourth-order valence-electron chi connectivity index (χ4n) is 4.15. The van der Waals surface area contributed by atoms with Gasteiger partial charge in [0.15, 0.2) is 6.10 Å². The van der Waals surface area contributed by atoms with Gasteiger partial charge >= 0.3 is 0 Å². The van der Waals surface area contributed by atoms with Gasteiger partial charge in [-0.05, 0) is 37.1 Å². The van der Waals surface area contributed by atoms with E-state index in [1.807, 2.05) is 0 Å². The highest BCUT2D eigenvalue weighted by Crippen LogP contribution is 2.37. The van der Waals surface area contributed by atoms with Crippen LogP contribution in [0.1, 0.15) is 32.1 Å². The summed E-state index contributed by atoms with van der Waals surface area (Å²) in [5.41, 5.74) is 0.459. The van der Waals surface area contributed by atoms with Crippen molar-refractivity contribution in [1.82, 2.24) is 4.90 Å². The number of benzene rings is 2. The van der Waals surface area contributed by atoms with Crippen molar-refractivity contribution in [3.05, 3.63) is 54.6 Å². The molecule has 1 amide bonds. The Morgan fingerprint density at radius 1 is 1.00 bits per heavy atom. The van der Waals surface area contributed by atoms with Gasteiger partial charge in [0.1, 0.15) is 5.75 Å². The second-order valence-electron chi connectivity index (χ2n) is 7.66. The first-order valence-electron chi connectivity index (χ1n) is 10.1. The number of ether oxygens (including phenoxy) is 1. The highest BCUT2D eigenvalue weighted by molar-refractivity contribution is 7.92. The number of amides is 1. The molecule has 4 rings (SSSR count). The lowest BCUT2D eigenvalue weighted by Crippen LogP contribution is -2.53. The van der Waals surface area contributed by atoms with Crippen molar-refractivity contribution in [3.8, 4) is 5.75 Å². The van der Waals surface area contributed by atoms with E-state index >= 15 is 0 Å². The number of carbonyl (C=O) groups is 1. The third kappa shape index (κ3) is 3.83. The molecule has 1 heterocycles. The number of anilines is 1. The Balaban J connectivity index is 1.65. The van der Waals surface area contributed by atoms with Crippen molar-refractivity contribution in [2.75, 3.05) is 17.9 Å². The predicted molar refractivity (Wildman–Crippen MR) is 111 cm³/mol. The van der Waals surface area contributed by atoms with Gasteiger partial charge in [0, 0.05) is 13.1 Å². The summed E-state index contributed by atoms with van der Waals surface area (Å²) in [5, 5.41) is 0. The summed E-state index contributed by atoms with van der Waals surface area (Å²) in [5.74, 6) is 0.244. The molecule has 1 aliphatic carbocycles. The molecular formula is C22H26N2O4S. The van der Waals surface area contributed by atoms with E-state index in [0.29, 0.717) is 11.4 Å². The number of nitrogens with zero attached hydrogens (tertiary/aromatic N) is 2. The molecule has 7 heteroatoms. The topological polar surface area (TPSA) is 66.9 Å². The minimum atomic E-state index is -3.81. The molecule has 0 saturated heterocycles. The standard InChI is InChI=1S/C22H26N2O4S/c1-23(17-10-4-2-5-11-17)22(25)21-16-24(19-14-8-9-15-20(19)28-21)29(26,27)18-12-6-3-7-13-18/h3,6-9,12-15,17,21H,2,4-5,10-11,16H2,1H3. The SMILES string of the molecule is CN(C(=O)C1CN(S(=O)(=O)c2ccccc2)c2ccccc2O1)C1CCCCC1. The summed E-state index contributed by atoms with van der Waals surface area (Å²) in [6.07, 6.45) is 4.54.